The molecule has 20 heavy (non-hydrogen) atoms. The van der Waals surface area contributed by atoms with Crippen molar-refractivity contribution in [1.82, 2.24) is 0 Å². The van der Waals surface area contributed by atoms with E-state index in [1.54, 1.807) is 7.11 Å². The third-order valence-corrected chi connectivity index (χ3v) is 3.59. The first-order chi connectivity index (χ1) is 9.63. The Bertz CT molecular complexity index is 599. The zero-order valence-corrected chi connectivity index (χ0v) is 13.2. The van der Waals surface area contributed by atoms with Crippen LogP contribution in [0.25, 0.3) is 0 Å². The lowest BCUT2D eigenvalue weighted by atomic mass is 10.1. The van der Waals surface area contributed by atoms with E-state index in [1.807, 2.05) is 43.3 Å². The highest BCUT2D eigenvalue weighted by Crippen LogP contribution is 2.25. The van der Waals surface area contributed by atoms with Crippen LogP contribution in [0.3, 0.4) is 0 Å². The minimum Gasteiger partial charge on any atom is -0.496 e. The maximum atomic E-state index is 5.88. The van der Waals surface area contributed by atoms with Gasteiger partial charge in [-0.15, -0.1) is 0 Å². The van der Waals surface area contributed by atoms with Gasteiger partial charge in [0.2, 0.25) is 0 Å². The molecule has 2 N–H and O–H groups in total. The lowest BCUT2D eigenvalue weighted by Gasteiger charge is -2.13. The number of benzene rings is 2. The number of nitrogens with two attached hydrogens (primary N) is 1. The number of ether oxygens (including phenoxy) is 2. The molecule has 0 fully saturated rings. The van der Waals surface area contributed by atoms with E-state index >= 15 is 0 Å². The van der Waals surface area contributed by atoms with Crippen LogP contribution in [0.15, 0.2) is 40.9 Å². The van der Waals surface area contributed by atoms with E-state index in [9.17, 15) is 0 Å². The van der Waals surface area contributed by atoms with Crippen molar-refractivity contribution in [3.63, 3.8) is 0 Å². The molecule has 2 aromatic rings. The zero-order chi connectivity index (χ0) is 14.5. The van der Waals surface area contributed by atoms with Crippen LogP contribution in [0.2, 0.25) is 0 Å². The number of hydrogen-bond acceptors (Lipinski definition) is 3. The van der Waals surface area contributed by atoms with E-state index in [0.29, 0.717) is 13.2 Å². The molecule has 2 rings (SSSR count). The van der Waals surface area contributed by atoms with E-state index in [1.165, 1.54) is 0 Å². The van der Waals surface area contributed by atoms with Gasteiger partial charge in [0.1, 0.15) is 18.1 Å². The largest absolute Gasteiger partial charge is 0.496 e. The molecule has 0 saturated heterocycles. The Morgan fingerprint density at radius 1 is 1.10 bits per heavy atom. The molecule has 0 aliphatic heterocycles. The summed E-state index contributed by atoms with van der Waals surface area (Å²) in [7, 11) is 1.66. The summed E-state index contributed by atoms with van der Waals surface area (Å²) in [6.45, 7) is 2.99. The highest BCUT2D eigenvalue weighted by molar-refractivity contribution is 9.10. The maximum absolute atomic E-state index is 5.88. The molecule has 0 aromatic heterocycles. The Labute approximate surface area is 127 Å². The SMILES string of the molecule is COc1ccc(CN)cc1COc1ccc(Br)cc1C. The highest BCUT2D eigenvalue weighted by atomic mass is 79.9. The molecule has 106 valence electrons. The van der Waals surface area contributed by atoms with Gasteiger partial charge in [-0.05, 0) is 48.4 Å². The molecule has 0 amide bonds. The normalized spacial score (nSPS) is 10.4. The van der Waals surface area contributed by atoms with E-state index in [-0.39, 0.29) is 0 Å². The Hall–Kier alpha value is -1.52. The molecule has 2 aromatic carbocycles. The second-order valence-electron chi connectivity index (χ2n) is 4.55. The standard InChI is InChI=1S/C16H18BrNO2/c1-11-7-14(17)4-6-15(11)20-10-13-8-12(9-18)3-5-16(13)19-2/h3-8H,9-10,18H2,1-2H3. The first-order valence-electron chi connectivity index (χ1n) is 6.39. The van der Waals surface area contributed by atoms with Crippen molar-refractivity contribution in [3.8, 4) is 11.5 Å². The lowest BCUT2D eigenvalue weighted by molar-refractivity contribution is 0.294. The van der Waals surface area contributed by atoms with Gasteiger partial charge in [-0.2, -0.15) is 0 Å². The average molecular weight is 336 g/mol. The molecule has 0 radical (unpaired) electrons. The molecule has 0 atom stereocenters. The average Bonchev–Trinajstić information content (AvgIpc) is 2.46. The Morgan fingerprint density at radius 3 is 2.50 bits per heavy atom. The molecular formula is C16H18BrNO2. The molecule has 0 saturated carbocycles. The van der Waals surface area contributed by atoms with Gasteiger partial charge in [-0.1, -0.05) is 22.0 Å². The van der Waals surface area contributed by atoms with Gasteiger partial charge in [0.05, 0.1) is 7.11 Å². The van der Waals surface area contributed by atoms with Gasteiger partial charge in [-0.25, -0.2) is 0 Å². The summed E-state index contributed by atoms with van der Waals surface area (Å²) in [6, 6.07) is 11.9. The van der Waals surface area contributed by atoms with Gasteiger partial charge >= 0.3 is 0 Å². The molecular weight excluding hydrogens is 318 g/mol. The Morgan fingerprint density at radius 2 is 1.85 bits per heavy atom. The fourth-order valence-electron chi connectivity index (χ4n) is 2.00. The summed E-state index contributed by atoms with van der Waals surface area (Å²) in [5, 5.41) is 0. The molecule has 0 bridgehead atoms. The number of hydrogen-bond donors (Lipinski definition) is 1. The van der Waals surface area contributed by atoms with Crippen molar-refractivity contribution in [2.45, 2.75) is 20.1 Å². The van der Waals surface area contributed by atoms with Crippen molar-refractivity contribution in [2.75, 3.05) is 7.11 Å². The van der Waals surface area contributed by atoms with Gasteiger partial charge in [0.15, 0.2) is 0 Å². The van der Waals surface area contributed by atoms with Crippen LogP contribution >= 0.6 is 15.9 Å². The minimum absolute atomic E-state index is 0.458. The van der Waals surface area contributed by atoms with E-state index in [2.05, 4.69) is 15.9 Å². The quantitative estimate of drug-likeness (QED) is 0.903. The second kappa shape index (κ2) is 6.77. The first-order valence-corrected chi connectivity index (χ1v) is 7.18. The maximum Gasteiger partial charge on any atom is 0.125 e. The van der Waals surface area contributed by atoms with Crippen molar-refractivity contribution in [2.24, 2.45) is 5.73 Å². The van der Waals surface area contributed by atoms with E-state index < -0.39 is 0 Å². The fraction of sp³-hybridized carbons (Fsp3) is 0.250. The lowest BCUT2D eigenvalue weighted by Crippen LogP contribution is -2.03. The first kappa shape index (κ1) is 14.9. The van der Waals surface area contributed by atoms with Crippen molar-refractivity contribution in [1.29, 1.82) is 0 Å². The van der Waals surface area contributed by atoms with E-state index in [4.69, 9.17) is 15.2 Å². The van der Waals surface area contributed by atoms with Crippen molar-refractivity contribution in [3.05, 3.63) is 57.6 Å². The summed E-state index contributed by atoms with van der Waals surface area (Å²) in [5.41, 5.74) is 8.83. The van der Waals surface area contributed by atoms with Gasteiger partial charge in [0, 0.05) is 16.6 Å². The summed E-state index contributed by atoms with van der Waals surface area (Å²) in [5.74, 6) is 1.69. The van der Waals surface area contributed by atoms with Crippen LogP contribution in [-0.2, 0) is 13.2 Å². The number of methoxy groups -OCH3 is 1. The highest BCUT2D eigenvalue weighted by Gasteiger charge is 2.06. The summed E-state index contributed by atoms with van der Waals surface area (Å²) >= 11 is 3.44. The number of rotatable bonds is 5. The monoisotopic (exact) mass is 335 g/mol. The molecule has 3 nitrogen and oxygen atoms in total. The van der Waals surface area contributed by atoms with Crippen molar-refractivity contribution < 1.29 is 9.47 Å². The van der Waals surface area contributed by atoms with Crippen molar-refractivity contribution >= 4 is 15.9 Å². The minimum atomic E-state index is 0.458. The van der Waals surface area contributed by atoms with Crippen LogP contribution < -0.4 is 15.2 Å². The topological polar surface area (TPSA) is 44.5 Å². The molecule has 0 aliphatic rings. The number of halogens is 1. The second-order valence-corrected chi connectivity index (χ2v) is 5.46. The smallest absolute Gasteiger partial charge is 0.125 e. The Kier molecular flexibility index (Phi) is 5.04. The Balaban J connectivity index is 2.17. The van der Waals surface area contributed by atoms with Crippen LogP contribution in [0, 0.1) is 6.92 Å². The van der Waals surface area contributed by atoms with Crippen LogP contribution in [0.4, 0.5) is 0 Å². The summed E-state index contributed by atoms with van der Waals surface area (Å²) < 4.78 is 12.3. The van der Waals surface area contributed by atoms with Gasteiger partial charge in [-0.3, -0.25) is 0 Å². The van der Waals surface area contributed by atoms with Crippen LogP contribution in [-0.4, -0.2) is 7.11 Å². The molecule has 0 heterocycles. The van der Waals surface area contributed by atoms with E-state index in [0.717, 1.165) is 32.7 Å². The zero-order valence-electron chi connectivity index (χ0n) is 11.7. The molecule has 0 unspecified atom stereocenters. The molecule has 4 heteroatoms. The summed E-state index contributed by atoms with van der Waals surface area (Å²) in [6.07, 6.45) is 0. The third kappa shape index (κ3) is 3.52. The van der Waals surface area contributed by atoms with Crippen LogP contribution in [0.5, 0.6) is 11.5 Å². The fourth-order valence-corrected chi connectivity index (χ4v) is 2.48. The predicted octanol–water partition coefficient (Wildman–Crippen LogP) is 3.80. The summed E-state index contributed by atoms with van der Waals surface area (Å²) in [4.78, 5) is 0. The van der Waals surface area contributed by atoms with Gasteiger partial charge < -0.3 is 15.2 Å². The van der Waals surface area contributed by atoms with Gasteiger partial charge in [0.25, 0.3) is 0 Å². The molecule has 0 spiro atoms. The third-order valence-electron chi connectivity index (χ3n) is 3.10. The van der Waals surface area contributed by atoms with Crippen LogP contribution in [0.1, 0.15) is 16.7 Å². The molecule has 0 aliphatic carbocycles. The number of aryl methyl sites for hydroxylation is 1. The predicted molar refractivity (Wildman–Crippen MR) is 84.1 cm³/mol.